The number of piperidine rings is 1. The molecule has 0 spiro atoms. The summed E-state index contributed by atoms with van der Waals surface area (Å²) in [5.74, 6) is -6.87. The summed E-state index contributed by atoms with van der Waals surface area (Å²) in [7, 11) is -13.2. The number of hydrogen-bond acceptors (Lipinski definition) is 5. The number of alkyl halides is 6. The van der Waals surface area contributed by atoms with Gasteiger partial charge in [-0.25, -0.2) is 8.42 Å². The van der Waals surface area contributed by atoms with Gasteiger partial charge in [0.25, 0.3) is 10.0 Å². The van der Waals surface area contributed by atoms with Crippen LogP contribution in [0, 0.1) is 0 Å². The molecule has 1 aromatic heterocycles. The van der Waals surface area contributed by atoms with Crippen LogP contribution in [0.1, 0.15) is 64.7 Å². The number of unbranched alkanes of at least 4 members (excludes halogenated alkanes) is 5. The van der Waals surface area contributed by atoms with Crippen molar-refractivity contribution in [1.29, 1.82) is 0 Å². The molecule has 1 N–H and O–H groups in total. The predicted molar refractivity (Wildman–Crippen MR) is 140 cm³/mol. The molecule has 0 bridgehead atoms. The number of nitrogens with zero attached hydrogens (tertiary/aromatic N) is 2. The SMILES string of the molecule is CCCCCCCCO[n+]1ccc2ccccc2c1.O=S(=O)(O)C(F)(F)C(F)(F)C(F)(F)S(=O)(=O)N1CCCCC1. The summed E-state index contributed by atoms with van der Waals surface area (Å²) < 4.78 is 133. The third-order valence-corrected chi connectivity index (χ3v) is 9.29. The van der Waals surface area contributed by atoms with Crippen LogP contribution in [-0.2, 0) is 20.1 Å². The lowest BCUT2D eigenvalue weighted by atomic mass is 10.1. The quantitative estimate of drug-likeness (QED) is 0.136. The van der Waals surface area contributed by atoms with Crippen molar-refractivity contribution in [2.24, 2.45) is 0 Å². The molecule has 0 atom stereocenters. The van der Waals surface area contributed by atoms with Crippen molar-refractivity contribution in [3.63, 3.8) is 0 Å². The zero-order valence-electron chi connectivity index (χ0n) is 22.5. The Morgan fingerprint density at radius 2 is 1.39 bits per heavy atom. The van der Waals surface area contributed by atoms with E-state index in [0.717, 1.165) is 13.0 Å². The molecule has 0 amide bonds. The molecular weight excluding hydrogens is 602 g/mol. The minimum absolute atomic E-state index is 0.0512. The molecule has 0 radical (unpaired) electrons. The van der Waals surface area contributed by atoms with E-state index in [1.54, 1.807) is 0 Å². The summed E-state index contributed by atoms with van der Waals surface area (Å²) >= 11 is 0. The largest absolute Gasteiger partial charge is 0.439 e. The van der Waals surface area contributed by atoms with Crippen LogP contribution in [0.15, 0.2) is 42.7 Å². The van der Waals surface area contributed by atoms with Gasteiger partial charge in [-0.1, -0.05) is 57.2 Å². The van der Waals surface area contributed by atoms with Gasteiger partial charge in [-0.2, -0.15) is 39.1 Å². The first kappa shape index (κ1) is 35.0. The summed E-state index contributed by atoms with van der Waals surface area (Å²) in [5, 5.41) is -10.7. The van der Waals surface area contributed by atoms with Crippen LogP contribution in [-0.4, -0.2) is 61.8 Å². The second-order valence-corrected chi connectivity index (χ2v) is 13.0. The van der Waals surface area contributed by atoms with Crippen molar-refractivity contribution >= 4 is 30.9 Å². The van der Waals surface area contributed by atoms with E-state index in [2.05, 4.69) is 37.3 Å². The second kappa shape index (κ2) is 14.3. The lowest BCUT2D eigenvalue weighted by Crippen LogP contribution is -2.63. The Balaban J connectivity index is 0.000000289. The molecule has 41 heavy (non-hydrogen) atoms. The van der Waals surface area contributed by atoms with Crippen molar-refractivity contribution in [1.82, 2.24) is 4.31 Å². The minimum Gasteiger partial charge on any atom is -0.281 e. The van der Waals surface area contributed by atoms with Crippen molar-refractivity contribution in [3.8, 4) is 0 Å². The molecule has 1 saturated heterocycles. The maximum Gasteiger partial charge on any atom is 0.439 e. The van der Waals surface area contributed by atoms with Crippen molar-refractivity contribution in [3.05, 3.63) is 42.7 Å². The summed E-state index contributed by atoms with van der Waals surface area (Å²) in [6.45, 7) is 1.87. The van der Waals surface area contributed by atoms with Crippen molar-refractivity contribution in [2.45, 2.75) is 81.1 Å². The Morgan fingerprint density at radius 3 is 1.98 bits per heavy atom. The Hall–Kier alpha value is -2.17. The first-order chi connectivity index (χ1) is 19.0. The summed E-state index contributed by atoms with van der Waals surface area (Å²) in [6, 6.07) is 10.4. The zero-order valence-corrected chi connectivity index (χ0v) is 24.1. The Kier molecular flexibility index (Phi) is 12.2. The minimum atomic E-state index is -6.98. The first-order valence-electron chi connectivity index (χ1n) is 13.1. The lowest BCUT2D eigenvalue weighted by Gasteiger charge is -2.35. The Labute approximate surface area is 236 Å². The van der Waals surface area contributed by atoms with Crippen molar-refractivity contribution < 1.29 is 57.3 Å². The van der Waals surface area contributed by atoms with E-state index in [1.807, 2.05) is 17.1 Å². The number of rotatable bonds is 13. The highest BCUT2D eigenvalue weighted by atomic mass is 32.2. The molecule has 0 unspecified atom stereocenters. The molecule has 8 nitrogen and oxygen atoms in total. The van der Waals surface area contributed by atoms with E-state index in [0.29, 0.717) is 6.42 Å². The molecule has 234 valence electrons. The predicted octanol–water partition coefficient (Wildman–Crippen LogP) is 5.43. The van der Waals surface area contributed by atoms with Gasteiger partial charge in [0.05, 0.1) is 5.39 Å². The number of sulfonamides is 1. The number of pyridine rings is 1. The Bertz CT molecular complexity index is 1340. The lowest BCUT2D eigenvalue weighted by molar-refractivity contribution is -0.890. The van der Waals surface area contributed by atoms with Crippen LogP contribution in [0.25, 0.3) is 10.8 Å². The van der Waals surface area contributed by atoms with Gasteiger partial charge >= 0.3 is 26.5 Å². The van der Waals surface area contributed by atoms with Gasteiger partial charge in [0.15, 0.2) is 6.61 Å². The highest BCUT2D eigenvalue weighted by molar-refractivity contribution is 7.90. The molecule has 1 aliphatic rings. The maximum absolute atomic E-state index is 13.6. The fourth-order valence-corrected chi connectivity index (χ4v) is 6.04. The van der Waals surface area contributed by atoms with Crippen LogP contribution < -0.4 is 9.57 Å². The van der Waals surface area contributed by atoms with Crippen LogP contribution in [0.4, 0.5) is 26.3 Å². The molecule has 16 heteroatoms. The van der Waals surface area contributed by atoms with E-state index < -0.39 is 49.7 Å². The van der Waals surface area contributed by atoms with Crippen LogP contribution in [0.3, 0.4) is 0 Å². The average Bonchev–Trinajstić information content (AvgIpc) is 2.92. The summed E-state index contributed by atoms with van der Waals surface area (Å²) in [6.07, 6.45) is 12.3. The highest BCUT2D eigenvalue weighted by Gasteiger charge is 2.82. The van der Waals surface area contributed by atoms with Gasteiger partial charge in [-0.15, -0.1) is 0 Å². The number of aromatic nitrogens is 1. The van der Waals surface area contributed by atoms with E-state index in [1.165, 1.54) is 42.9 Å². The third kappa shape index (κ3) is 8.23. The zero-order chi connectivity index (χ0) is 31.0. The third-order valence-electron chi connectivity index (χ3n) is 6.44. The fraction of sp³-hybridized carbons (Fsp3) is 0.640. The number of halogens is 6. The normalized spacial score (nSPS) is 15.8. The van der Waals surface area contributed by atoms with E-state index in [4.69, 9.17) is 9.39 Å². The van der Waals surface area contributed by atoms with E-state index >= 15 is 0 Å². The standard InChI is InChI=1S/C17H24NO.C8H11F6NO5S2/c1-2-3-4-5-6-9-14-19-18-13-12-16-10-7-8-11-17(16)15-18;9-6(10,8(13,14)22(18,19)20)7(11,12)21(16,17)15-4-2-1-3-5-15/h7-8,10-13,15H,2-6,9,14H2,1H3;1-5H2,(H,18,19,20)/q+1;. The van der Waals surface area contributed by atoms with Gasteiger partial charge in [-0.05, 0) is 37.1 Å². The average molecular weight is 638 g/mol. The summed E-state index contributed by atoms with van der Waals surface area (Å²) in [5.41, 5.74) is 0. The van der Waals surface area contributed by atoms with Gasteiger partial charge in [-0.3, -0.25) is 9.39 Å². The van der Waals surface area contributed by atoms with Gasteiger partial charge in [0, 0.05) is 23.9 Å². The highest BCUT2D eigenvalue weighted by Crippen LogP contribution is 2.51. The van der Waals surface area contributed by atoms with Crippen LogP contribution in [0.5, 0.6) is 0 Å². The second-order valence-electron chi connectivity index (χ2n) is 9.58. The van der Waals surface area contributed by atoms with Gasteiger partial charge in [0.2, 0.25) is 12.4 Å². The molecule has 1 aromatic carbocycles. The van der Waals surface area contributed by atoms with Gasteiger partial charge < -0.3 is 0 Å². The van der Waals surface area contributed by atoms with Crippen LogP contribution in [0.2, 0.25) is 0 Å². The van der Waals surface area contributed by atoms with Gasteiger partial charge in [0.1, 0.15) is 0 Å². The molecule has 2 heterocycles. The topological polar surface area (TPSA) is 105 Å². The monoisotopic (exact) mass is 637 g/mol. The van der Waals surface area contributed by atoms with Crippen LogP contribution >= 0.6 is 0 Å². The van der Waals surface area contributed by atoms with E-state index in [9.17, 15) is 43.2 Å². The number of fused-ring (bicyclic) bond motifs is 1. The number of hydrogen-bond donors (Lipinski definition) is 1. The van der Waals surface area contributed by atoms with Crippen molar-refractivity contribution in [2.75, 3.05) is 19.7 Å². The molecule has 1 fully saturated rings. The maximum atomic E-state index is 13.6. The smallest absolute Gasteiger partial charge is 0.281 e. The fourth-order valence-electron chi connectivity index (χ4n) is 4.01. The summed E-state index contributed by atoms with van der Waals surface area (Å²) in [4.78, 5) is 5.74. The number of benzene rings is 1. The molecule has 0 saturated carbocycles. The van der Waals surface area contributed by atoms with E-state index in [-0.39, 0.29) is 17.1 Å². The molecule has 2 aromatic rings. The molecule has 1 aliphatic heterocycles. The molecular formula is C25H35F6N2O6S2+. The molecule has 3 rings (SSSR count). The Morgan fingerprint density at radius 1 is 0.829 bits per heavy atom. The first-order valence-corrected chi connectivity index (χ1v) is 16.0. The molecule has 0 aliphatic carbocycles.